The van der Waals surface area contributed by atoms with E-state index in [4.69, 9.17) is 0 Å². The Balaban J connectivity index is 1.54. The van der Waals surface area contributed by atoms with E-state index < -0.39 is 0 Å². The second-order valence-electron chi connectivity index (χ2n) is 6.23. The molecule has 0 aromatic heterocycles. The molecule has 3 aliphatic rings. The fourth-order valence-electron chi connectivity index (χ4n) is 3.35. The zero-order valence-electron chi connectivity index (χ0n) is 10.7. The van der Waals surface area contributed by atoms with Crippen LogP contribution in [0.5, 0.6) is 0 Å². The van der Waals surface area contributed by atoms with Crippen LogP contribution in [0.15, 0.2) is 0 Å². The van der Waals surface area contributed by atoms with Crippen molar-refractivity contribution in [2.45, 2.75) is 32.2 Å². The molecule has 1 spiro atoms. The minimum atomic E-state index is 0.0959. The first kappa shape index (κ1) is 11.5. The highest BCUT2D eigenvalue weighted by Crippen LogP contribution is 2.35. The molecule has 0 radical (unpaired) electrons. The van der Waals surface area contributed by atoms with Crippen molar-refractivity contribution in [1.29, 1.82) is 0 Å². The molecule has 4 nitrogen and oxygen atoms in total. The molecule has 0 bridgehead atoms. The summed E-state index contributed by atoms with van der Waals surface area (Å²) in [5.41, 5.74) is 0.535. The zero-order chi connectivity index (χ0) is 11.9. The Labute approximate surface area is 103 Å². The molecule has 3 fully saturated rings. The highest BCUT2D eigenvalue weighted by atomic mass is 16.2. The SMILES string of the molecule is C[C@@H]1CN[C@H](C(=O)N2CCC3(CC2)CNC3)C1. The molecule has 2 atom stereocenters. The Morgan fingerprint density at radius 1 is 1.29 bits per heavy atom. The molecule has 17 heavy (non-hydrogen) atoms. The highest BCUT2D eigenvalue weighted by molar-refractivity contribution is 5.82. The third-order valence-corrected chi connectivity index (χ3v) is 4.78. The van der Waals surface area contributed by atoms with Crippen LogP contribution in [-0.2, 0) is 4.79 Å². The maximum absolute atomic E-state index is 12.3. The lowest BCUT2D eigenvalue weighted by atomic mass is 9.73. The van der Waals surface area contributed by atoms with Crippen molar-refractivity contribution in [2.75, 3.05) is 32.7 Å². The number of hydrogen-bond acceptors (Lipinski definition) is 3. The van der Waals surface area contributed by atoms with Gasteiger partial charge in [0.25, 0.3) is 0 Å². The van der Waals surface area contributed by atoms with Crippen molar-refractivity contribution in [3.8, 4) is 0 Å². The van der Waals surface area contributed by atoms with Crippen molar-refractivity contribution >= 4 is 5.91 Å². The van der Waals surface area contributed by atoms with E-state index in [0.717, 1.165) is 39.1 Å². The number of likely N-dealkylation sites (tertiary alicyclic amines) is 1. The standard InChI is InChI=1S/C13H23N3O/c1-10-6-11(15-7-10)12(17)16-4-2-13(3-5-16)8-14-9-13/h10-11,14-15H,2-9H2,1H3/t10-,11-/m0/s1. The summed E-state index contributed by atoms with van der Waals surface area (Å²) in [6, 6.07) is 0.0959. The van der Waals surface area contributed by atoms with Crippen LogP contribution in [0.2, 0.25) is 0 Å². The van der Waals surface area contributed by atoms with E-state index in [1.54, 1.807) is 0 Å². The third-order valence-electron chi connectivity index (χ3n) is 4.78. The molecule has 3 aliphatic heterocycles. The second kappa shape index (κ2) is 4.25. The first-order valence-electron chi connectivity index (χ1n) is 6.91. The molecule has 0 unspecified atom stereocenters. The molecule has 0 aromatic carbocycles. The van der Waals surface area contributed by atoms with Crippen LogP contribution in [0.1, 0.15) is 26.2 Å². The second-order valence-corrected chi connectivity index (χ2v) is 6.23. The van der Waals surface area contributed by atoms with Gasteiger partial charge in [-0.3, -0.25) is 4.79 Å². The number of carbonyl (C=O) groups excluding carboxylic acids is 1. The van der Waals surface area contributed by atoms with Gasteiger partial charge in [-0.2, -0.15) is 0 Å². The number of hydrogen-bond donors (Lipinski definition) is 2. The van der Waals surface area contributed by atoms with Crippen LogP contribution in [0.4, 0.5) is 0 Å². The summed E-state index contributed by atoms with van der Waals surface area (Å²) < 4.78 is 0. The van der Waals surface area contributed by atoms with Gasteiger partial charge in [0.15, 0.2) is 0 Å². The van der Waals surface area contributed by atoms with Crippen LogP contribution in [-0.4, -0.2) is 49.6 Å². The zero-order valence-corrected chi connectivity index (χ0v) is 10.7. The van der Waals surface area contributed by atoms with Crippen LogP contribution in [0.25, 0.3) is 0 Å². The van der Waals surface area contributed by atoms with E-state index in [2.05, 4.69) is 22.5 Å². The summed E-state index contributed by atoms with van der Waals surface area (Å²) in [4.78, 5) is 14.4. The maximum Gasteiger partial charge on any atom is 0.239 e. The van der Waals surface area contributed by atoms with Gasteiger partial charge in [0.1, 0.15) is 0 Å². The fraction of sp³-hybridized carbons (Fsp3) is 0.923. The number of piperidine rings is 1. The number of nitrogens with one attached hydrogen (secondary N) is 2. The Bertz CT molecular complexity index is 304. The molecular weight excluding hydrogens is 214 g/mol. The molecule has 0 aliphatic carbocycles. The Hall–Kier alpha value is -0.610. The number of carbonyl (C=O) groups is 1. The topological polar surface area (TPSA) is 44.4 Å². The third kappa shape index (κ3) is 2.08. The van der Waals surface area contributed by atoms with Crippen LogP contribution >= 0.6 is 0 Å². The van der Waals surface area contributed by atoms with Gasteiger partial charge in [0, 0.05) is 26.2 Å². The Morgan fingerprint density at radius 2 is 2.00 bits per heavy atom. The van der Waals surface area contributed by atoms with E-state index in [-0.39, 0.29) is 6.04 Å². The summed E-state index contributed by atoms with van der Waals surface area (Å²) in [6.07, 6.45) is 3.39. The first-order chi connectivity index (χ1) is 8.19. The minimum absolute atomic E-state index is 0.0959. The summed E-state index contributed by atoms with van der Waals surface area (Å²) in [7, 11) is 0. The molecule has 3 rings (SSSR count). The number of nitrogens with zero attached hydrogens (tertiary/aromatic N) is 1. The summed E-state index contributed by atoms with van der Waals surface area (Å²) in [5.74, 6) is 0.993. The van der Waals surface area contributed by atoms with E-state index in [1.165, 1.54) is 12.8 Å². The monoisotopic (exact) mass is 237 g/mol. The van der Waals surface area contributed by atoms with Gasteiger partial charge in [-0.05, 0) is 37.1 Å². The Kier molecular flexibility index (Phi) is 2.87. The van der Waals surface area contributed by atoms with Gasteiger partial charge in [-0.15, -0.1) is 0 Å². The van der Waals surface area contributed by atoms with Crippen LogP contribution < -0.4 is 10.6 Å². The Morgan fingerprint density at radius 3 is 2.47 bits per heavy atom. The lowest BCUT2D eigenvalue weighted by Gasteiger charge is -2.48. The van der Waals surface area contributed by atoms with Crippen LogP contribution in [0.3, 0.4) is 0 Å². The van der Waals surface area contributed by atoms with Gasteiger partial charge in [-0.25, -0.2) is 0 Å². The van der Waals surface area contributed by atoms with Crippen LogP contribution in [0, 0.1) is 11.3 Å². The molecule has 1 amide bonds. The van der Waals surface area contributed by atoms with Crippen molar-refractivity contribution in [3.05, 3.63) is 0 Å². The molecule has 0 aromatic rings. The lowest BCUT2D eigenvalue weighted by molar-refractivity contribution is -0.136. The molecule has 96 valence electrons. The summed E-state index contributed by atoms with van der Waals surface area (Å²) in [5, 5.41) is 6.71. The molecule has 2 N–H and O–H groups in total. The highest BCUT2D eigenvalue weighted by Gasteiger charge is 2.41. The van der Waals surface area contributed by atoms with E-state index in [9.17, 15) is 4.79 Å². The molecule has 4 heteroatoms. The minimum Gasteiger partial charge on any atom is -0.341 e. The fourth-order valence-corrected chi connectivity index (χ4v) is 3.35. The van der Waals surface area contributed by atoms with E-state index in [1.807, 2.05) is 0 Å². The predicted molar refractivity (Wildman–Crippen MR) is 66.7 cm³/mol. The van der Waals surface area contributed by atoms with Gasteiger partial charge in [0.2, 0.25) is 5.91 Å². The summed E-state index contributed by atoms with van der Waals surface area (Å²) >= 11 is 0. The maximum atomic E-state index is 12.3. The molecule has 3 saturated heterocycles. The van der Waals surface area contributed by atoms with E-state index >= 15 is 0 Å². The van der Waals surface area contributed by atoms with Crippen molar-refractivity contribution < 1.29 is 4.79 Å². The number of amides is 1. The first-order valence-corrected chi connectivity index (χ1v) is 6.91. The van der Waals surface area contributed by atoms with E-state index in [0.29, 0.717) is 17.2 Å². The molecule has 3 heterocycles. The summed E-state index contributed by atoms with van der Waals surface area (Å²) in [6.45, 7) is 7.46. The molecular formula is C13H23N3O. The average molecular weight is 237 g/mol. The predicted octanol–water partition coefficient (Wildman–Crippen LogP) is 0.196. The van der Waals surface area contributed by atoms with Crippen molar-refractivity contribution in [1.82, 2.24) is 15.5 Å². The average Bonchev–Trinajstić information content (AvgIpc) is 2.73. The van der Waals surface area contributed by atoms with Crippen molar-refractivity contribution in [2.24, 2.45) is 11.3 Å². The number of rotatable bonds is 1. The van der Waals surface area contributed by atoms with Crippen molar-refractivity contribution in [3.63, 3.8) is 0 Å². The van der Waals surface area contributed by atoms with Gasteiger partial charge < -0.3 is 15.5 Å². The lowest BCUT2D eigenvalue weighted by Crippen LogP contribution is -2.59. The van der Waals surface area contributed by atoms with Gasteiger partial charge in [-0.1, -0.05) is 6.92 Å². The van der Waals surface area contributed by atoms with Gasteiger partial charge in [0.05, 0.1) is 6.04 Å². The normalized spacial score (nSPS) is 35.9. The van der Waals surface area contributed by atoms with Gasteiger partial charge >= 0.3 is 0 Å². The smallest absolute Gasteiger partial charge is 0.239 e. The largest absolute Gasteiger partial charge is 0.341 e. The quantitative estimate of drug-likeness (QED) is 0.684. The molecule has 0 saturated carbocycles.